The lowest BCUT2D eigenvalue weighted by atomic mass is 10.1. The summed E-state index contributed by atoms with van der Waals surface area (Å²) in [6.45, 7) is 2.13. The first-order chi connectivity index (χ1) is 17.5. The van der Waals surface area contributed by atoms with E-state index in [2.05, 4.69) is 15.8 Å². The maximum Gasteiger partial charge on any atom is 0.379 e. The largest absolute Gasteiger partial charge is 0.490 e. The van der Waals surface area contributed by atoms with Crippen LogP contribution in [0.4, 0.5) is 5.69 Å². The fourth-order valence-electron chi connectivity index (χ4n) is 3.11. The molecule has 2 heterocycles. The first kappa shape index (κ1) is 24.0. The quantitative estimate of drug-likeness (QED) is 0.154. The van der Waals surface area contributed by atoms with Crippen LogP contribution in [-0.4, -0.2) is 30.6 Å². The molecule has 10 heteroatoms. The van der Waals surface area contributed by atoms with Crippen LogP contribution in [0.25, 0.3) is 0 Å². The van der Waals surface area contributed by atoms with Gasteiger partial charge in [-0.05, 0) is 67.1 Å². The van der Waals surface area contributed by atoms with Gasteiger partial charge in [-0.3, -0.25) is 9.59 Å². The van der Waals surface area contributed by atoms with Gasteiger partial charge < -0.3 is 23.6 Å². The summed E-state index contributed by atoms with van der Waals surface area (Å²) >= 11 is 0. The number of ether oxygens (including phenoxy) is 2. The van der Waals surface area contributed by atoms with Crippen LogP contribution in [0.3, 0.4) is 0 Å². The molecule has 0 unspecified atom stereocenters. The molecule has 2 aromatic carbocycles. The van der Waals surface area contributed by atoms with Gasteiger partial charge in [0.25, 0.3) is 11.8 Å². The van der Waals surface area contributed by atoms with E-state index < -0.39 is 17.8 Å². The van der Waals surface area contributed by atoms with Gasteiger partial charge in [0, 0.05) is 0 Å². The molecule has 0 spiro atoms. The SMILES string of the molecule is CCOc1cc(/C=N\NC(=O)c2ccccc2NC(=O)c2ccco2)ccc1OC(=O)c1ccco1. The molecular weight excluding hydrogens is 466 g/mol. The Kier molecular flexibility index (Phi) is 7.57. The summed E-state index contributed by atoms with van der Waals surface area (Å²) in [4.78, 5) is 37.2. The van der Waals surface area contributed by atoms with Gasteiger partial charge in [-0.1, -0.05) is 12.1 Å². The number of nitrogens with zero attached hydrogens (tertiary/aromatic N) is 1. The minimum Gasteiger partial charge on any atom is -0.490 e. The van der Waals surface area contributed by atoms with Crippen molar-refractivity contribution in [3.8, 4) is 11.5 Å². The fourth-order valence-corrected chi connectivity index (χ4v) is 3.11. The van der Waals surface area contributed by atoms with Crippen LogP contribution in [0.15, 0.2) is 93.2 Å². The van der Waals surface area contributed by atoms with Crippen LogP contribution in [0, 0.1) is 0 Å². The van der Waals surface area contributed by atoms with Gasteiger partial charge in [-0.25, -0.2) is 10.2 Å². The zero-order valence-corrected chi connectivity index (χ0v) is 19.1. The minimum absolute atomic E-state index is 0.0615. The summed E-state index contributed by atoms with van der Waals surface area (Å²) in [5.41, 5.74) is 3.52. The van der Waals surface area contributed by atoms with E-state index in [-0.39, 0.29) is 22.8 Å². The fraction of sp³-hybridized carbons (Fsp3) is 0.0769. The van der Waals surface area contributed by atoms with E-state index in [1.54, 1.807) is 61.5 Å². The zero-order valence-electron chi connectivity index (χ0n) is 19.1. The molecule has 10 nitrogen and oxygen atoms in total. The molecule has 0 saturated heterocycles. The number of hydrogen-bond donors (Lipinski definition) is 2. The third-order valence-corrected chi connectivity index (χ3v) is 4.74. The average molecular weight is 487 g/mol. The highest BCUT2D eigenvalue weighted by Gasteiger charge is 2.16. The second-order valence-electron chi connectivity index (χ2n) is 7.18. The third-order valence-electron chi connectivity index (χ3n) is 4.74. The number of furan rings is 2. The normalized spacial score (nSPS) is 10.7. The summed E-state index contributed by atoms with van der Waals surface area (Å²) in [7, 11) is 0. The molecule has 36 heavy (non-hydrogen) atoms. The topological polar surface area (TPSA) is 132 Å². The average Bonchev–Trinajstić information content (AvgIpc) is 3.61. The van der Waals surface area contributed by atoms with E-state index in [0.29, 0.717) is 23.6 Å². The van der Waals surface area contributed by atoms with Crippen LogP contribution in [0.5, 0.6) is 11.5 Å². The molecule has 0 aliphatic carbocycles. The summed E-state index contributed by atoms with van der Waals surface area (Å²) in [5.74, 6) is -0.972. The Bertz CT molecular complexity index is 1380. The highest BCUT2D eigenvalue weighted by atomic mass is 16.6. The van der Waals surface area contributed by atoms with Gasteiger partial charge in [-0.15, -0.1) is 0 Å². The van der Waals surface area contributed by atoms with E-state index in [9.17, 15) is 14.4 Å². The zero-order chi connectivity index (χ0) is 25.3. The van der Waals surface area contributed by atoms with Crippen molar-refractivity contribution in [2.45, 2.75) is 6.92 Å². The molecule has 0 aliphatic heterocycles. The molecule has 182 valence electrons. The Morgan fingerprint density at radius 1 is 0.889 bits per heavy atom. The number of anilines is 1. The summed E-state index contributed by atoms with van der Waals surface area (Å²) < 4.78 is 21.1. The first-order valence-corrected chi connectivity index (χ1v) is 10.8. The van der Waals surface area contributed by atoms with Crippen molar-refractivity contribution in [2.24, 2.45) is 5.10 Å². The number of amides is 2. The van der Waals surface area contributed by atoms with Crippen LogP contribution >= 0.6 is 0 Å². The molecule has 2 amide bonds. The first-order valence-electron chi connectivity index (χ1n) is 10.8. The lowest BCUT2D eigenvalue weighted by Gasteiger charge is -2.11. The molecule has 2 aromatic heterocycles. The van der Waals surface area contributed by atoms with Crippen molar-refractivity contribution in [1.29, 1.82) is 0 Å². The summed E-state index contributed by atoms with van der Waals surface area (Å²) in [6.07, 6.45) is 4.16. The minimum atomic E-state index is -0.660. The molecule has 0 atom stereocenters. The Morgan fingerprint density at radius 2 is 1.64 bits per heavy atom. The van der Waals surface area contributed by atoms with E-state index in [1.807, 2.05) is 0 Å². The number of benzene rings is 2. The van der Waals surface area contributed by atoms with Gasteiger partial charge in [0.05, 0.1) is 36.6 Å². The van der Waals surface area contributed by atoms with E-state index in [4.69, 9.17) is 18.3 Å². The number of rotatable bonds is 9. The van der Waals surface area contributed by atoms with Crippen molar-refractivity contribution >= 4 is 29.7 Å². The van der Waals surface area contributed by atoms with Crippen LogP contribution in [0.2, 0.25) is 0 Å². The molecule has 2 N–H and O–H groups in total. The molecule has 4 aromatic rings. The predicted molar refractivity (Wildman–Crippen MR) is 129 cm³/mol. The Hall–Kier alpha value is -5.12. The number of hydrazone groups is 1. The van der Waals surface area contributed by atoms with Gasteiger partial charge in [0.2, 0.25) is 5.76 Å². The number of carbonyl (C=O) groups is 3. The lowest BCUT2D eigenvalue weighted by Crippen LogP contribution is -2.21. The Balaban J connectivity index is 1.43. The van der Waals surface area contributed by atoms with Crippen molar-refractivity contribution < 1.29 is 32.7 Å². The number of nitrogens with one attached hydrogen (secondary N) is 2. The highest BCUT2D eigenvalue weighted by molar-refractivity contribution is 6.08. The van der Waals surface area contributed by atoms with Crippen LogP contribution < -0.4 is 20.2 Å². The number of carbonyl (C=O) groups excluding carboxylic acids is 3. The number of hydrogen-bond acceptors (Lipinski definition) is 8. The number of para-hydroxylation sites is 1. The lowest BCUT2D eigenvalue weighted by molar-refractivity contribution is 0.0694. The van der Waals surface area contributed by atoms with Crippen LogP contribution in [0.1, 0.15) is 44.0 Å². The van der Waals surface area contributed by atoms with Crippen molar-refractivity contribution in [2.75, 3.05) is 11.9 Å². The van der Waals surface area contributed by atoms with Gasteiger partial charge >= 0.3 is 5.97 Å². The smallest absolute Gasteiger partial charge is 0.379 e. The predicted octanol–water partition coefficient (Wildman–Crippen LogP) is 4.51. The molecule has 0 bridgehead atoms. The van der Waals surface area contributed by atoms with E-state index >= 15 is 0 Å². The molecule has 0 saturated carbocycles. The number of esters is 1. The van der Waals surface area contributed by atoms with Crippen molar-refractivity contribution in [3.05, 3.63) is 102 Å². The summed E-state index contributed by atoms with van der Waals surface area (Å²) in [6, 6.07) is 17.5. The van der Waals surface area contributed by atoms with Gasteiger partial charge in [0.1, 0.15) is 0 Å². The van der Waals surface area contributed by atoms with Crippen molar-refractivity contribution in [3.63, 3.8) is 0 Å². The molecule has 0 fully saturated rings. The maximum atomic E-state index is 12.7. The van der Waals surface area contributed by atoms with E-state index in [0.717, 1.165) is 0 Å². The Labute approximate surface area is 205 Å². The highest BCUT2D eigenvalue weighted by Crippen LogP contribution is 2.29. The second kappa shape index (κ2) is 11.3. The standard InChI is InChI=1S/C26H21N3O7/c1-2-33-23-15-17(11-12-20(23)36-26(32)22-10-6-14-35-22)16-27-29-24(30)18-7-3-4-8-19(18)28-25(31)21-9-5-13-34-21/h3-16H,2H2,1H3,(H,28,31)(H,29,30)/b27-16-. The maximum absolute atomic E-state index is 12.7. The molecule has 0 radical (unpaired) electrons. The van der Waals surface area contributed by atoms with Crippen molar-refractivity contribution in [1.82, 2.24) is 5.43 Å². The molecular formula is C26H21N3O7. The second-order valence-corrected chi connectivity index (χ2v) is 7.18. The molecule has 4 rings (SSSR count). The monoisotopic (exact) mass is 487 g/mol. The third kappa shape index (κ3) is 5.86. The van der Waals surface area contributed by atoms with E-state index in [1.165, 1.54) is 30.9 Å². The molecule has 0 aliphatic rings. The summed E-state index contributed by atoms with van der Waals surface area (Å²) in [5, 5.41) is 6.63. The Morgan fingerprint density at radius 3 is 2.36 bits per heavy atom. The van der Waals surface area contributed by atoms with Gasteiger partial charge in [0.15, 0.2) is 17.3 Å². The van der Waals surface area contributed by atoms with Crippen LogP contribution in [-0.2, 0) is 0 Å². The van der Waals surface area contributed by atoms with Gasteiger partial charge in [-0.2, -0.15) is 5.10 Å².